The van der Waals surface area contributed by atoms with Crippen LogP contribution in [0.4, 0.5) is 0 Å². The molecule has 0 unspecified atom stereocenters. The van der Waals surface area contributed by atoms with Gasteiger partial charge < -0.3 is 0 Å². The molecule has 4 heteroatoms. The Morgan fingerprint density at radius 1 is 1.00 bits per heavy atom. The Kier molecular flexibility index (Phi) is 1.78. The number of carbonyl (C=O) groups is 2. The van der Waals surface area contributed by atoms with Gasteiger partial charge in [0, 0.05) is 27.3 Å². The molecule has 12 heavy (non-hydrogen) atoms. The van der Waals surface area contributed by atoms with Crippen LogP contribution in [0.2, 0.25) is 0 Å². The fraction of sp³-hybridized carbons (Fsp3) is 0. The highest BCUT2D eigenvalue weighted by molar-refractivity contribution is 7.37. The standard InChI is InChI=1S/C8H4O2S2/c9-1-5-3-11-8-7(5)6(2-10)4-12-8/h1-4H. The summed E-state index contributed by atoms with van der Waals surface area (Å²) in [6.07, 6.45) is 1.58. The fourth-order valence-electron chi connectivity index (χ4n) is 1.07. The van der Waals surface area contributed by atoms with Gasteiger partial charge in [0.1, 0.15) is 0 Å². The minimum absolute atomic E-state index is 0.623. The zero-order chi connectivity index (χ0) is 8.55. The lowest BCUT2D eigenvalue weighted by Crippen LogP contribution is -1.78. The molecule has 0 aromatic carbocycles. The van der Waals surface area contributed by atoms with Gasteiger partial charge in [0.2, 0.25) is 0 Å². The van der Waals surface area contributed by atoms with Gasteiger partial charge in [-0.3, -0.25) is 9.59 Å². The molecule has 60 valence electrons. The molecule has 2 aromatic heterocycles. The van der Waals surface area contributed by atoms with Crippen LogP contribution in [0, 0.1) is 0 Å². The Balaban J connectivity index is 2.87. The third kappa shape index (κ3) is 0.922. The second-order valence-corrected chi connectivity index (χ2v) is 4.30. The summed E-state index contributed by atoms with van der Waals surface area (Å²) in [7, 11) is 0. The maximum atomic E-state index is 10.5. The number of thiophene rings is 2. The number of fused-ring (bicyclic) bond motifs is 1. The molecule has 0 atom stereocenters. The third-order valence-corrected chi connectivity index (χ3v) is 3.78. The first-order valence-electron chi connectivity index (χ1n) is 3.26. The Hall–Kier alpha value is -1.00. The Bertz CT molecular complexity index is 401. The maximum absolute atomic E-state index is 10.5. The van der Waals surface area contributed by atoms with Gasteiger partial charge in [-0.1, -0.05) is 0 Å². The summed E-state index contributed by atoms with van der Waals surface area (Å²) in [4.78, 5) is 21.1. The van der Waals surface area contributed by atoms with E-state index in [9.17, 15) is 9.59 Å². The van der Waals surface area contributed by atoms with E-state index < -0.39 is 0 Å². The summed E-state index contributed by atoms with van der Waals surface area (Å²) in [5, 5.41) is 4.37. The molecule has 0 amide bonds. The average Bonchev–Trinajstić information content (AvgIpc) is 2.62. The van der Waals surface area contributed by atoms with Crippen LogP contribution in [0.5, 0.6) is 0 Å². The number of hydrogen-bond acceptors (Lipinski definition) is 4. The molecule has 0 aliphatic rings. The van der Waals surface area contributed by atoms with Crippen molar-refractivity contribution in [2.75, 3.05) is 0 Å². The minimum Gasteiger partial charge on any atom is -0.298 e. The first kappa shape index (κ1) is 7.64. The van der Waals surface area contributed by atoms with Crippen molar-refractivity contribution in [1.82, 2.24) is 0 Å². The van der Waals surface area contributed by atoms with E-state index in [2.05, 4.69) is 0 Å². The zero-order valence-corrected chi connectivity index (χ0v) is 7.58. The number of aldehydes is 2. The number of rotatable bonds is 2. The van der Waals surface area contributed by atoms with Crippen molar-refractivity contribution in [1.29, 1.82) is 0 Å². The molecule has 0 bridgehead atoms. The van der Waals surface area contributed by atoms with Crippen molar-refractivity contribution >= 4 is 44.6 Å². The minimum atomic E-state index is 0.623. The van der Waals surface area contributed by atoms with Crippen molar-refractivity contribution in [2.45, 2.75) is 0 Å². The summed E-state index contributed by atoms with van der Waals surface area (Å²) in [6.45, 7) is 0. The van der Waals surface area contributed by atoms with Crippen LogP contribution in [0.1, 0.15) is 20.7 Å². The number of carbonyl (C=O) groups excluding carboxylic acids is 2. The summed E-state index contributed by atoms with van der Waals surface area (Å²) < 4.78 is 1.04. The van der Waals surface area contributed by atoms with E-state index >= 15 is 0 Å². The van der Waals surface area contributed by atoms with E-state index in [1.807, 2.05) is 0 Å². The predicted octanol–water partition coefficient (Wildman–Crippen LogP) is 2.59. The quantitative estimate of drug-likeness (QED) is 0.692. The van der Waals surface area contributed by atoms with Crippen LogP contribution >= 0.6 is 22.7 Å². The Morgan fingerprint density at radius 2 is 1.50 bits per heavy atom. The Morgan fingerprint density at radius 3 is 1.92 bits per heavy atom. The SMILES string of the molecule is O=Cc1csc2scc(C=O)c12. The van der Waals surface area contributed by atoms with Gasteiger partial charge >= 0.3 is 0 Å². The van der Waals surface area contributed by atoms with Crippen LogP contribution in [0.15, 0.2) is 10.8 Å². The first-order valence-corrected chi connectivity index (χ1v) is 5.02. The van der Waals surface area contributed by atoms with Gasteiger partial charge in [0.05, 0.1) is 4.01 Å². The van der Waals surface area contributed by atoms with Crippen molar-refractivity contribution < 1.29 is 9.59 Å². The lowest BCUT2D eigenvalue weighted by Gasteiger charge is -1.82. The van der Waals surface area contributed by atoms with Crippen molar-refractivity contribution in [2.24, 2.45) is 0 Å². The molecule has 0 N–H and O–H groups in total. The van der Waals surface area contributed by atoms with E-state index in [0.29, 0.717) is 11.1 Å². The van der Waals surface area contributed by atoms with Gasteiger partial charge in [-0.25, -0.2) is 0 Å². The van der Waals surface area contributed by atoms with Crippen LogP contribution < -0.4 is 0 Å². The molecule has 2 aromatic rings. The summed E-state index contributed by atoms with van der Waals surface area (Å²) in [5.41, 5.74) is 1.25. The normalized spacial score (nSPS) is 10.3. The largest absolute Gasteiger partial charge is 0.298 e. The van der Waals surface area contributed by atoms with Gasteiger partial charge in [0.25, 0.3) is 0 Å². The van der Waals surface area contributed by atoms with Crippen molar-refractivity contribution in [3.05, 3.63) is 21.9 Å². The lowest BCUT2D eigenvalue weighted by atomic mass is 10.2. The second-order valence-electron chi connectivity index (χ2n) is 2.28. The van der Waals surface area contributed by atoms with Crippen LogP contribution in [-0.2, 0) is 0 Å². The third-order valence-electron chi connectivity index (χ3n) is 1.62. The molecule has 0 aliphatic heterocycles. The molecule has 0 radical (unpaired) electrons. The summed E-state index contributed by atoms with van der Waals surface area (Å²) in [5.74, 6) is 0. The molecule has 0 saturated heterocycles. The van der Waals surface area contributed by atoms with Crippen LogP contribution in [0.3, 0.4) is 0 Å². The highest BCUT2D eigenvalue weighted by Crippen LogP contribution is 2.32. The van der Waals surface area contributed by atoms with E-state index in [4.69, 9.17) is 0 Å². The lowest BCUT2D eigenvalue weighted by molar-refractivity contribution is 0.112. The smallest absolute Gasteiger partial charge is 0.151 e. The molecule has 0 fully saturated rings. The van der Waals surface area contributed by atoms with Gasteiger partial charge in [-0.15, -0.1) is 22.7 Å². The van der Waals surface area contributed by atoms with Crippen LogP contribution in [0.25, 0.3) is 9.40 Å². The van der Waals surface area contributed by atoms with Gasteiger partial charge in [-0.05, 0) is 0 Å². The van der Waals surface area contributed by atoms with Crippen molar-refractivity contribution in [3.8, 4) is 0 Å². The molecule has 0 spiro atoms. The van der Waals surface area contributed by atoms with Crippen LogP contribution in [-0.4, -0.2) is 12.6 Å². The topological polar surface area (TPSA) is 34.1 Å². The average molecular weight is 196 g/mol. The van der Waals surface area contributed by atoms with Gasteiger partial charge in [0.15, 0.2) is 12.6 Å². The summed E-state index contributed by atoms with van der Waals surface area (Å²) in [6, 6.07) is 0. The monoisotopic (exact) mass is 196 g/mol. The number of hydrogen-bond donors (Lipinski definition) is 0. The highest BCUT2D eigenvalue weighted by Gasteiger charge is 2.09. The zero-order valence-electron chi connectivity index (χ0n) is 5.94. The molecule has 2 nitrogen and oxygen atoms in total. The maximum Gasteiger partial charge on any atom is 0.151 e. The highest BCUT2D eigenvalue weighted by atomic mass is 32.2. The molecular weight excluding hydrogens is 192 g/mol. The first-order chi connectivity index (χ1) is 5.86. The van der Waals surface area contributed by atoms with Gasteiger partial charge in [-0.2, -0.15) is 0 Å². The van der Waals surface area contributed by atoms with Crippen molar-refractivity contribution in [3.63, 3.8) is 0 Å². The second kappa shape index (κ2) is 2.80. The molecule has 0 aliphatic carbocycles. The van der Waals surface area contributed by atoms with E-state index in [1.54, 1.807) is 10.8 Å². The molecule has 0 saturated carbocycles. The summed E-state index contributed by atoms with van der Waals surface area (Å²) >= 11 is 3.01. The van der Waals surface area contributed by atoms with E-state index in [0.717, 1.165) is 22.0 Å². The van der Waals surface area contributed by atoms with E-state index in [-0.39, 0.29) is 0 Å². The fourth-order valence-corrected chi connectivity index (χ4v) is 3.11. The Labute approximate surface area is 76.4 Å². The molecular formula is C8H4O2S2. The van der Waals surface area contributed by atoms with E-state index in [1.165, 1.54) is 22.7 Å². The molecule has 2 rings (SSSR count). The molecule has 2 heterocycles. The predicted molar refractivity (Wildman–Crippen MR) is 50.5 cm³/mol.